The maximum Gasteiger partial charge on any atom is 0.0597 e. The molecule has 1 unspecified atom stereocenters. The molecular weight excluding hydrogens is 200 g/mol. The van der Waals surface area contributed by atoms with E-state index in [0.29, 0.717) is 6.10 Å². The van der Waals surface area contributed by atoms with E-state index < -0.39 is 0 Å². The molecule has 1 N–H and O–H groups in total. The predicted molar refractivity (Wildman–Crippen MR) is 68.8 cm³/mol. The molecule has 0 radical (unpaired) electrons. The van der Waals surface area contributed by atoms with Crippen LogP contribution in [0.4, 0.5) is 0 Å². The highest BCUT2D eigenvalue weighted by atomic mass is 16.5. The molecule has 3 heteroatoms. The maximum absolute atomic E-state index is 5.62. The molecule has 0 aromatic rings. The molecule has 1 aliphatic heterocycles. The van der Waals surface area contributed by atoms with Crippen LogP contribution in [0.25, 0.3) is 0 Å². The Kier molecular flexibility index (Phi) is 7.01. The summed E-state index contributed by atoms with van der Waals surface area (Å²) in [5.41, 5.74) is 0. The highest BCUT2D eigenvalue weighted by molar-refractivity contribution is 4.80. The number of likely N-dealkylation sites (tertiary alicyclic amines) is 1. The first-order valence-corrected chi connectivity index (χ1v) is 6.80. The van der Waals surface area contributed by atoms with Crippen molar-refractivity contribution in [3.05, 3.63) is 0 Å². The quantitative estimate of drug-likeness (QED) is 0.642. The van der Waals surface area contributed by atoms with Crippen LogP contribution in [0.2, 0.25) is 0 Å². The molecule has 0 aromatic carbocycles. The lowest BCUT2D eigenvalue weighted by Crippen LogP contribution is -2.40. The number of nitrogens with zero attached hydrogens (tertiary/aromatic N) is 1. The molecule has 1 aliphatic rings. The molecule has 1 heterocycles. The molecule has 96 valence electrons. The van der Waals surface area contributed by atoms with Gasteiger partial charge in [-0.2, -0.15) is 0 Å². The van der Waals surface area contributed by atoms with Crippen LogP contribution in [0, 0.1) is 0 Å². The van der Waals surface area contributed by atoms with Crippen LogP contribution >= 0.6 is 0 Å². The van der Waals surface area contributed by atoms with Crippen LogP contribution in [0.5, 0.6) is 0 Å². The van der Waals surface area contributed by atoms with Crippen molar-refractivity contribution in [2.75, 3.05) is 32.8 Å². The van der Waals surface area contributed by atoms with Crippen LogP contribution in [0.15, 0.2) is 0 Å². The molecule has 1 saturated heterocycles. The molecule has 0 bridgehead atoms. The Morgan fingerprint density at radius 1 is 1.44 bits per heavy atom. The zero-order chi connectivity index (χ0) is 11.8. The van der Waals surface area contributed by atoms with Gasteiger partial charge in [0, 0.05) is 19.1 Å². The third-order valence-corrected chi connectivity index (χ3v) is 3.14. The minimum atomic E-state index is 0.360. The lowest BCUT2D eigenvalue weighted by molar-refractivity contribution is 0.0564. The summed E-state index contributed by atoms with van der Waals surface area (Å²) < 4.78 is 5.62. The van der Waals surface area contributed by atoms with Crippen LogP contribution in [-0.2, 0) is 4.74 Å². The molecule has 0 spiro atoms. The summed E-state index contributed by atoms with van der Waals surface area (Å²) in [5, 5.41) is 3.52. The number of ether oxygens (including phenoxy) is 1. The fourth-order valence-electron chi connectivity index (χ4n) is 2.27. The molecular formula is C13H28N2O. The Morgan fingerprint density at radius 2 is 2.25 bits per heavy atom. The first-order chi connectivity index (χ1) is 7.74. The van der Waals surface area contributed by atoms with E-state index in [2.05, 4.69) is 31.0 Å². The van der Waals surface area contributed by atoms with Gasteiger partial charge in [-0.05, 0) is 46.2 Å². The first-order valence-electron chi connectivity index (χ1n) is 6.80. The monoisotopic (exact) mass is 228 g/mol. The fraction of sp³-hybridized carbons (Fsp3) is 1.00. The van der Waals surface area contributed by atoms with E-state index in [9.17, 15) is 0 Å². The first kappa shape index (κ1) is 13.9. The molecule has 0 amide bonds. The molecule has 3 nitrogen and oxygen atoms in total. The minimum Gasteiger partial charge on any atom is -0.377 e. The van der Waals surface area contributed by atoms with Gasteiger partial charge in [0.05, 0.1) is 12.7 Å². The van der Waals surface area contributed by atoms with E-state index in [1.165, 1.54) is 25.8 Å². The number of nitrogens with one attached hydrogen (secondary N) is 1. The second-order valence-corrected chi connectivity index (χ2v) is 4.96. The van der Waals surface area contributed by atoms with E-state index in [1.54, 1.807) is 0 Å². The average molecular weight is 228 g/mol. The summed E-state index contributed by atoms with van der Waals surface area (Å²) in [4.78, 5) is 2.57. The summed E-state index contributed by atoms with van der Waals surface area (Å²) in [6, 6.07) is 0.738. The van der Waals surface area contributed by atoms with Crippen molar-refractivity contribution in [3.8, 4) is 0 Å². The van der Waals surface area contributed by atoms with Crippen molar-refractivity contribution in [2.45, 2.75) is 52.2 Å². The van der Waals surface area contributed by atoms with E-state index in [4.69, 9.17) is 4.74 Å². The lowest BCUT2D eigenvalue weighted by Gasteiger charge is -2.25. The third-order valence-electron chi connectivity index (χ3n) is 3.14. The Bertz CT molecular complexity index is 173. The molecule has 0 aromatic heterocycles. The Morgan fingerprint density at radius 3 is 2.94 bits per heavy atom. The van der Waals surface area contributed by atoms with Crippen molar-refractivity contribution < 1.29 is 4.74 Å². The van der Waals surface area contributed by atoms with Gasteiger partial charge in [-0.25, -0.2) is 0 Å². The van der Waals surface area contributed by atoms with Gasteiger partial charge >= 0.3 is 0 Å². The highest BCUT2D eigenvalue weighted by Crippen LogP contribution is 2.15. The van der Waals surface area contributed by atoms with Gasteiger partial charge in [0.25, 0.3) is 0 Å². The van der Waals surface area contributed by atoms with Gasteiger partial charge in [-0.1, -0.05) is 6.92 Å². The van der Waals surface area contributed by atoms with Crippen molar-refractivity contribution >= 4 is 0 Å². The van der Waals surface area contributed by atoms with Crippen molar-refractivity contribution in [2.24, 2.45) is 0 Å². The second-order valence-electron chi connectivity index (χ2n) is 4.96. The molecule has 1 atom stereocenters. The van der Waals surface area contributed by atoms with Gasteiger partial charge < -0.3 is 10.1 Å². The van der Waals surface area contributed by atoms with E-state index in [0.717, 1.165) is 32.3 Å². The molecule has 1 fully saturated rings. The van der Waals surface area contributed by atoms with Gasteiger partial charge in [-0.3, -0.25) is 4.90 Å². The summed E-state index contributed by atoms with van der Waals surface area (Å²) in [6.07, 6.45) is 4.28. The van der Waals surface area contributed by atoms with Crippen LogP contribution in [0.3, 0.4) is 0 Å². The minimum absolute atomic E-state index is 0.360. The highest BCUT2D eigenvalue weighted by Gasteiger charge is 2.23. The standard InChI is InChI=1S/C13H28N2O/c1-4-7-14-11-13-6-5-8-15(13)9-10-16-12(2)3/h12-14H,4-11H2,1-3H3. The summed E-state index contributed by atoms with van der Waals surface area (Å²) in [5.74, 6) is 0. The molecule has 16 heavy (non-hydrogen) atoms. The fourth-order valence-corrected chi connectivity index (χ4v) is 2.27. The zero-order valence-electron chi connectivity index (χ0n) is 11.2. The van der Waals surface area contributed by atoms with Gasteiger partial charge in [-0.15, -0.1) is 0 Å². The average Bonchev–Trinajstić information content (AvgIpc) is 2.66. The van der Waals surface area contributed by atoms with Crippen molar-refractivity contribution in [1.82, 2.24) is 10.2 Å². The van der Waals surface area contributed by atoms with Crippen molar-refractivity contribution in [1.29, 1.82) is 0 Å². The van der Waals surface area contributed by atoms with E-state index in [1.807, 2.05) is 0 Å². The summed E-state index contributed by atoms with van der Waals surface area (Å²) >= 11 is 0. The van der Waals surface area contributed by atoms with Gasteiger partial charge in [0.15, 0.2) is 0 Å². The topological polar surface area (TPSA) is 24.5 Å². The lowest BCUT2D eigenvalue weighted by atomic mass is 10.2. The van der Waals surface area contributed by atoms with Crippen LogP contribution in [-0.4, -0.2) is 49.8 Å². The number of hydrogen-bond donors (Lipinski definition) is 1. The maximum atomic E-state index is 5.62. The largest absolute Gasteiger partial charge is 0.377 e. The molecule has 0 aliphatic carbocycles. The third kappa shape index (κ3) is 5.28. The van der Waals surface area contributed by atoms with Crippen LogP contribution in [0.1, 0.15) is 40.0 Å². The number of hydrogen-bond acceptors (Lipinski definition) is 3. The Balaban J connectivity index is 2.13. The smallest absolute Gasteiger partial charge is 0.0597 e. The van der Waals surface area contributed by atoms with Gasteiger partial charge in [0.1, 0.15) is 0 Å². The predicted octanol–water partition coefficient (Wildman–Crippen LogP) is 1.88. The SMILES string of the molecule is CCCNCC1CCCN1CCOC(C)C. The second kappa shape index (κ2) is 8.04. The summed E-state index contributed by atoms with van der Waals surface area (Å²) in [7, 11) is 0. The molecule has 1 rings (SSSR count). The van der Waals surface area contributed by atoms with E-state index in [-0.39, 0.29) is 0 Å². The number of rotatable bonds is 8. The van der Waals surface area contributed by atoms with Crippen LogP contribution < -0.4 is 5.32 Å². The summed E-state index contributed by atoms with van der Waals surface area (Å²) in [6.45, 7) is 11.9. The molecule has 0 saturated carbocycles. The Labute approximate surface area is 101 Å². The zero-order valence-corrected chi connectivity index (χ0v) is 11.2. The normalized spacial score (nSPS) is 22.1. The Hall–Kier alpha value is -0.120. The van der Waals surface area contributed by atoms with Gasteiger partial charge in [0.2, 0.25) is 0 Å². The van der Waals surface area contributed by atoms with E-state index >= 15 is 0 Å². The van der Waals surface area contributed by atoms with Crippen molar-refractivity contribution in [3.63, 3.8) is 0 Å².